The molecule has 1 N–H and O–H groups in total. The largest absolute Gasteiger partial charge is 0.342 e. The third-order valence-corrected chi connectivity index (χ3v) is 3.85. The molecule has 0 saturated carbocycles. The summed E-state index contributed by atoms with van der Waals surface area (Å²) in [5.41, 5.74) is -0.0726. The number of amides is 2. The second kappa shape index (κ2) is 8.51. The number of nitrogens with one attached hydrogen (secondary N) is 1. The van der Waals surface area contributed by atoms with E-state index in [0.29, 0.717) is 12.1 Å². The molecule has 0 aliphatic heterocycles. The molecule has 0 aliphatic rings. The van der Waals surface area contributed by atoms with Gasteiger partial charge in [0.15, 0.2) is 17.5 Å². The van der Waals surface area contributed by atoms with Crippen LogP contribution in [0.1, 0.15) is 40.5 Å². The van der Waals surface area contributed by atoms with Crippen LogP contribution in [0, 0.1) is 17.5 Å². The van der Waals surface area contributed by atoms with Gasteiger partial charge in [-0.2, -0.15) is 0 Å². The summed E-state index contributed by atoms with van der Waals surface area (Å²) < 4.78 is 39.9. The van der Waals surface area contributed by atoms with Crippen molar-refractivity contribution in [3.8, 4) is 0 Å². The van der Waals surface area contributed by atoms with Gasteiger partial charge in [-0.1, -0.05) is 19.4 Å². The van der Waals surface area contributed by atoms with Gasteiger partial charge in [-0.3, -0.25) is 9.59 Å². The van der Waals surface area contributed by atoms with Crippen molar-refractivity contribution in [3.63, 3.8) is 0 Å². The Morgan fingerprint density at radius 2 is 1.73 bits per heavy atom. The van der Waals surface area contributed by atoms with Gasteiger partial charge in [0, 0.05) is 24.7 Å². The van der Waals surface area contributed by atoms with E-state index in [1.54, 1.807) is 18.0 Å². The Balaban J connectivity index is 2.18. The number of anilines is 1. The lowest BCUT2D eigenvalue weighted by Crippen LogP contribution is -2.28. The van der Waals surface area contributed by atoms with Crippen molar-refractivity contribution in [2.24, 2.45) is 0 Å². The fourth-order valence-corrected chi connectivity index (χ4v) is 2.33. The Kier molecular flexibility index (Phi) is 6.38. The van der Waals surface area contributed by atoms with Crippen molar-refractivity contribution >= 4 is 17.5 Å². The highest BCUT2D eigenvalue weighted by Crippen LogP contribution is 2.20. The monoisotopic (exact) mass is 364 g/mol. The third-order valence-electron chi connectivity index (χ3n) is 3.85. The van der Waals surface area contributed by atoms with Crippen LogP contribution in [0.3, 0.4) is 0 Å². The van der Waals surface area contributed by atoms with E-state index in [1.165, 1.54) is 18.2 Å². The molecule has 0 fully saturated rings. The summed E-state index contributed by atoms with van der Waals surface area (Å²) in [6, 6.07) is 7.56. The second-order valence-electron chi connectivity index (χ2n) is 5.84. The molecule has 2 amide bonds. The summed E-state index contributed by atoms with van der Waals surface area (Å²) in [4.78, 5) is 26.2. The van der Waals surface area contributed by atoms with Crippen LogP contribution >= 0.6 is 0 Å². The van der Waals surface area contributed by atoms with Crippen molar-refractivity contribution in [1.29, 1.82) is 0 Å². The van der Waals surface area contributed by atoms with Gasteiger partial charge < -0.3 is 10.2 Å². The molecule has 4 nitrogen and oxygen atoms in total. The van der Waals surface area contributed by atoms with Gasteiger partial charge >= 0.3 is 0 Å². The Hall–Kier alpha value is -2.83. The first-order valence-corrected chi connectivity index (χ1v) is 8.15. The molecule has 2 rings (SSSR count). The fourth-order valence-electron chi connectivity index (χ4n) is 2.33. The maximum Gasteiger partial charge on any atom is 0.255 e. The number of halogens is 3. The van der Waals surface area contributed by atoms with Crippen molar-refractivity contribution in [2.75, 3.05) is 18.9 Å². The molecule has 0 aliphatic carbocycles. The van der Waals surface area contributed by atoms with Crippen molar-refractivity contribution in [3.05, 3.63) is 65.0 Å². The predicted octanol–water partition coefficient (Wildman–Crippen LogP) is 4.23. The van der Waals surface area contributed by atoms with E-state index in [1.807, 2.05) is 6.92 Å². The summed E-state index contributed by atoms with van der Waals surface area (Å²) >= 11 is 0. The molecule has 0 spiro atoms. The lowest BCUT2D eigenvalue weighted by Gasteiger charge is -2.17. The zero-order valence-corrected chi connectivity index (χ0v) is 14.5. The summed E-state index contributed by atoms with van der Waals surface area (Å²) in [5, 5.41) is 2.18. The molecule has 0 radical (unpaired) electrons. The molecular formula is C19H19F3N2O2. The lowest BCUT2D eigenvalue weighted by atomic mass is 10.1. The summed E-state index contributed by atoms with van der Waals surface area (Å²) in [5.74, 6) is -5.47. The van der Waals surface area contributed by atoms with Crippen LogP contribution < -0.4 is 5.32 Å². The van der Waals surface area contributed by atoms with E-state index in [0.717, 1.165) is 25.0 Å². The van der Waals surface area contributed by atoms with E-state index < -0.39 is 29.0 Å². The van der Waals surface area contributed by atoms with Crippen molar-refractivity contribution in [2.45, 2.75) is 19.8 Å². The molecule has 7 heteroatoms. The van der Waals surface area contributed by atoms with Gasteiger partial charge in [-0.25, -0.2) is 13.2 Å². The van der Waals surface area contributed by atoms with Crippen molar-refractivity contribution < 1.29 is 22.8 Å². The minimum Gasteiger partial charge on any atom is -0.342 e. The first-order valence-electron chi connectivity index (χ1n) is 8.15. The lowest BCUT2D eigenvalue weighted by molar-refractivity contribution is 0.0793. The van der Waals surface area contributed by atoms with E-state index >= 15 is 0 Å². The quantitative estimate of drug-likeness (QED) is 0.780. The highest BCUT2D eigenvalue weighted by Gasteiger charge is 2.17. The van der Waals surface area contributed by atoms with Crippen LogP contribution in [0.5, 0.6) is 0 Å². The van der Waals surface area contributed by atoms with E-state index in [2.05, 4.69) is 5.32 Å². The maximum absolute atomic E-state index is 13.7. The Bertz CT molecular complexity index is 824. The normalized spacial score (nSPS) is 10.5. The average molecular weight is 364 g/mol. The van der Waals surface area contributed by atoms with Gasteiger partial charge in [0.2, 0.25) is 0 Å². The van der Waals surface area contributed by atoms with Crippen LogP contribution in [-0.4, -0.2) is 30.3 Å². The smallest absolute Gasteiger partial charge is 0.255 e. The number of benzene rings is 2. The van der Waals surface area contributed by atoms with Crippen LogP contribution in [0.2, 0.25) is 0 Å². The van der Waals surface area contributed by atoms with Crippen LogP contribution in [0.4, 0.5) is 18.9 Å². The number of carbonyl (C=O) groups excluding carboxylic acids is 2. The Morgan fingerprint density at radius 3 is 2.42 bits per heavy atom. The summed E-state index contributed by atoms with van der Waals surface area (Å²) in [6.07, 6.45) is 1.80. The highest BCUT2D eigenvalue weighted by atomic mass is 19.2. The first-order chi connectivity index (χ1) is 12.3. The summed E-state index contributed by atoms with van der Waals surface area (Å²) in [6.45, 7) is 2.60. The summed E-state index contributed by atoms with van der Waals surface area (Å²) in [7, 11) is 1.67. The molecule has 0 atom stereocenters. The van der Waals surface area contributed by atoms with Crippen LogP contribution in [-0.2, 0) is 0 Å². The average Bonchev–Trinajstić information content (AvgIpc) is 2.65. The molecule has 2 aromatic rings. The minimum absolute atomic E-state index is 0.101. The van der Waals surface area contributed by atoms with Crippen molar-refractivity contribution in [1.82, 2.24) is 4.90 Å². The first kappa shape index (κ1) is 19.5. The topological polar surface area (TPSA) is 49.4 Å². The predicted molar refractivity (Wildman–Crippen MR) is 92.6 cm³/mol. The van der Waals surface area contributed by atoms with Gasteiger partial charge in [0.25, 0.3) is 11.8 Å². The molecule has 0 aromatic heterocycles. The fraction of sp³-hybridized carbons (Fsp3) is 0.263. The molecule has 138 valence electrons. The number of nitrogens with zero attached hydrogens (tertiary/aromatic N) is 1. The number of rotatable bonds is 6. The number of carbonyl (C=O) groups is 2. The third kappa shape index (κ3) is 4.41. The maximum atomic E-state index is 13.7. The molecule has 2 aromatic carbocycles. The minimum atomic E-state index is -1.66. The molecule has 0 saturated heterocycles. The molecule has 0 bridgehead atoms. The second-order valence-corrected chi connectivity index (χ2v) is 5.84. The molecule has 26 heavy (non-hydrogen) atoms. The number of hydrogen-bond donors (Lipinski definition) is 1. The van der Waals surface area contributed by atoms with E-state index in [-0.39, 0.29) is 11.5 Å². The van der Waals surface area contributed by atoms with E-state index in [9.17, 15) is 22.8 Å². The number of unbranched alkanes of at least 4 members (excludes halogenated alkanes) is 1. The van der Waals surface area contributed by atoms with Gasteiger partial charge in [0.1, 0.15) is 0 Å². The standard InChI is InChI=1S/C19H19F3N2O2/c1-3-4-10-24(2)19(26)13-7-5-6-12(11-13)18(25)23-15-9-8-14(20)16(21)17(15)22/h5-9,11H,3-4,10H2,1-2H3,(H,23,25). The van der Waals surface area contributed by atoms with E-state index in [4.69, 9.17) is 0 Å². The molecular weight excluding hydrogens is 345 g/mol. The Labute approximate surface area is 149 Å². The zero-order valence-electron chi connectivity index (χ0n) is 14.5. The molecule has 0 unspecified atom stereocenters. The molecule has 0 heterocycles. The number of hydrogen-bond acceptors (Lipinski definition) is 2. The highest BCUT2D eigenvalue weighted by molar-refractivity contribution is 6.06. The van der Waals surface area contributed by atoms with Crippen LogP contribution in [0.25, 0.3) is 0 Å². The SMILES string of the molecule is CCCCN(C)C(=O)c1cccc(C(=O)Nc2ccc(F)c(F)c2F)c1. The van der Waals surface area contributed by atoms with Gasteiger partial charge in [-0.05, 0) is 36.8 Å². The van der Waals surface area contributed by atoms with Gasteiger partial charge in [0.05, 0.1) is 5.69 Å². The Morgan fingerprint density at radius 1 is 1.04 bits per heavy atom. The zero-order chi connectivity index (χ0) is 19.3. The van der Waals surface area contributed by atoms with Crippen LogP contribution in [0.15, 0.2) is 36.4 Å². The van der Waals surface area contributed by atoms with Gasteiger partial charge in [-0.15, -0.1) is 0 Å².